The van der Waals surface area contributed by atoms with Gasteiger partial charge in [-0.25, -0.2) is 4.98 Å². The molecule has 0 spiro atoms. The molecule has 2 aliphatic rings. The van der Waals surface area contributed by atoms with E-state index in [1.165, 1.54) is 5.56 Å². The van der Waals surface area contributed by atoms with Gasteiger partial charge in [0.15, 0.2) is 11.5 Å². The third kappa shape index (κ3) is 3.87. The molecule has 7 heteroatoms. The molecule has 1 atom stereocenters. The number of thiazole rings is 1. The van der Waals surface area contributed by atoms with E-state index in [2.05, 4.69) is 28.1 Å². The largest absolute Gasteiger partial charge is 0.486 e. The Morgan fingerprint density at radius 2 is 2.03 bits per heavy atom. The summed E-state index contributed by atoms with van der Waals surface area (Å²) in [5, 5.41) is 0.969. The molecule has 30 heavy (non-hydrogen) atoms. The highest BCUT2D eigenvalue weighted by atomic mass is 32.1. The molecule has 1 aromatic heterocycles. The minimum Gasteiger partial charge on any atom is -0.486 e. The number of nitrogens with zero attached hydrogens (tertiary/aromatic N) is 3. The molecule has 156 valence electrons. The lowest BCUT2D eigenvalue weighted by Crippen LogP contribution is -2.37. The van der Waals surface area contributed by atoms with Gasteiger partial charge < -0.3 is 14.4 Å². The van der Waals surface area contributed by atoms with Crippen LogP contribution in [0.25, 0.3) is 10.2 Å². The lowest BCUT2D eigenvalue weighted by Gasteiger charge is -2.27. The highest BCUT2D eigenvalue weighted by molar-refractivity contribution is 7.18. The van der Waals surface area contributed by atoms with Crippen LogP contribution in [0, 0.1) is 0 Å². The molecule has 2 aromatic carbocycles. The van der Waals surface area contributed by atoms with Gasteiger partial charge in [-0.1, -0.05) is 18.2 Å². The molecule has 0 aliphatic carbocycles. The number of para-hydroxylation sites is 1. The zero-order valence-corrected chi connectivity index (χ0v) is 17.9. The van der Waals surface area contributed by atoms with Crippen LogP contribution in [0.5, 0.6) is 11.5 Å². The van der Waals surface area contributed by atoms with E-state index in [0.29, 0.717) is 26.3 Å². The van der Waals surface area contributed by atoms with Crippen LogP contribution in [0.15, 0.2) is 42.5 Å². The minimum atomic E-state index is 0.124. The fraction of sp³-hybridized carbons (Fsp3) is 0.391. The van der Waals surface area contributed by atoms with Crippen LogP contribution in [-0.4, -0.2) is 54.0 Å². The average molecular weight is 424 g/mol. The summed E-state index contributed by atoms with van der Waals surface area (Å²) >= 11 is 1.65. The van der Waals surface area contributed by atoms with Gasteiger partial charge in [0.2, 0.25) is 5.91 Å². The number of fused-ring (bicyclic) bond motifs is 2. The Hall–Kier alpha value is -2.64. The fourth-order valence-corrected chi connectivity index (χ4v) is 5.25. The second-order valence-corrected chi connectivity index (χ2v) is 8.97. The number of likely N-dealkylation sites (N-methyl/N-ethyl adjacent to an activating group) is 1. The molecule has 0 bridgehead atoms. The molecule has 1 fully saturated rings. The maximum absolute atomic E-state index is 12.9. The van der Waals surface area contributed by atoms with E-state index < -0.39 is 0 Å². The Balaban J connectivity index is 1.25. The number of aromatic nitrogens is 1. The third-order valence-electron chi connectivity index (χ3n) is 5.79. The van der Waals surface area contributed by atoms with Gasteiger partial charge in [0.05, 0.1) is 23.3 Å². The Morgan fingerprint density at radius 3 is 2.90 bits per heavy atom. The first-order valence-corrected chi connectivity index (χ1v) is 11.2. The third-order valence-corrected chi connectivity index (χ3v) is 6.81. The van der Waals surface area contributed by atoms with E-state index in [-0.39, 0.29) is 11.9 Å². The van der Waals surface area contributed by atoms with E-state index in [9.17, 15) is 4.79 Å². The van der Waals surface area contributed by atoms with Gasteiger partial charge in [-0.3, -0.25) is 9.69 Å². The first-order chi connectivity index (χ1) is 14.7. The van der Waals surface area contributed by atoms with Gasteiger partial charge in [0, 0.05) is 13.1 Å². The molecule has 0 radical (unpaired) electrons. The SMILES string of the molecule is CN(Cc1nc2ccccc2s1)C(=O)CN1CCCC1c1ccc2c(c1)OCCO2. The summed E-state index contributed by atoms with van der Waals surface area (Å²) in [5.41, 5.74) is 2.19. The van der Waals surface area contributed by atoms with E-state index >= 15 is 0 Å². The predicted octanol–water partition coefficient (Wildman–Crippen LogP) is 3.86. The predicted molar refractivity (Wildman–Crippen MR) is 117 cm³/mol. The van der Waals surface area contributed by atoms with Crippen LogP contribution in [0.1, 0.15) is 29.5 Å². The number of hydrogen-bond donors (Lipinski definition) is 0. The second-order valence-electron chi connectivity index (χ2n) is 7.86. The average Bonchev–Trinajstić information content (AvgIpc) is 3.39. The van der Waals surface area contributed by atoms with Crippen molar-refractivity contribution in [3.05, 3.63) is 53.0 Å². The van der Waals surface area contributed by atoms with Crippen molar-refractivity contribution in [3.8, 4) is 11.5 Å². The highest BCUT2D eigenvalue weighted by Crippen LogP contribution is 2.38. The number of amides is 1. The topological polar surface area (TPSA) is 54.9 Å². The van der Waals surface area contributed by atoms with Crippen LogP contribution in [0.2, 0.25) is 0 Å². The van der Waals surface area contributed by atoms with E-state index in [1.54, 1.807) is 16.2 Å². The standard InChI is InChI=1S/C23H25N3O3S/c1-25(14-22-24-17-5-2-3-7-21(17)30-22)23(27)15-26-10-4-6-18(26)16-8-9-19-20(13-16)29-12-11-28-19/h2-3,5,7-9,13,18H,4,6,10-12,14-15H2,1H3. The van der Waals surface area contributed by atoms with Crippen molar-refractivity contribution >= 4 is 27.5 Å². The molecule has 5 rings (SSSR count). The number of carbonyl (C=O) groups is 1. The maximum atomic E-state index is 12.9. The van der Waals surface area contributed by atoms with Gasteiger partial charge in [-0.2, -0.15) is 0 Å². The Kier molecular flexibility index (Phi) is 5.31. The van der Waals surface area contributed by atoms with E-state index in [4.69, 9.17) is 9.47 Å². The normalized spacial score (nSPS) is 18.6. The van der Waals surface area contributed by atoms with Crippen molar-refractivity contribution in [1.82, 2.24) is 14.8 Å². The van der Waals surface area contributed by atoms with Crippen molar-refractivity contribution in [2.45, 2.75) is 25.4 Å². The lowest BCUT2D eigenvalue weighted by molar-refractivity contribution is -0.131. The van der Waals surface area contributed by atoms with Crippen LogP contribution < -0.4 is 9.47 Å². The monoisotopic (exact) mass is 423 g/mol. The summed E-state index contributed by atoms with van der Waals surface area (Å²) in [4.78, 5) is 21.7. The summed E-state index contributed by atoms with van der Waals surface area (Å²) in [5.74, 6) is 1.74. The molecule has 1 amide bonds. The van der Waals surface area contributed by atoms with E-state index in [1.807, 2.05) is 31.3 Å². The zero-order valence-electron chi connectivity index (χ0n) is 17.0. The smallest absolute Gasteiger partial charge is 0.236 e. The molecule has 1 unspecified atom stereocenters. The molecule has 0 N–H and O–H groups in total. The van der Waals surface area contributed by atoms with Crippen LogP contribution >= 0.6 is 11.3 Å². The quantitative estimate of drug-likeness (QED) is 0.624. The Labute approximate surface area is 180 Å². The van der Waals surface area contributed by atoms with E-state index in [0.717, 1.165) is 46.1 Å². The number of hydrogen-bond acceptors (Lipinski definition) is 6. The Bertz CT molecular complexity index is 1030. The first kappa shape index (κ1) is 19.3. The van der Waals surface area contributed by atoms with Crippen LogP contribution in [0.3, 0.4) is 0 Å². The minimum absolute atomic E-state index is 0.124. The number of benzene rings is 2. The first-order valence-electron chi connectivity index (χ1n) is 10.4. The molecule has 6 nitrogen and oxygen atoms in total. The van der Waals surface area contributed by atoms with Gasteiger partial charge in [-0.05, 0) is 49.2 Å². The molecular weight excluding hydrogens is 398 g/mol. The number of likely N-dealkylation sites (tertiary alicyclic amines) is 1. The van der Waals surface area contributed by atoms with Crippen molar-refractivity contribution in [2.24, 2.45) is 0 Å². The molecule has 3 heterocycles. The summed E-state index contributed by atoms with van der Waals surface area (Å²) in [6.45, 7) is 3.07. The van der Waals surface area contributed by atoms with Crippen molar-refractivity contribution in [1.29, 1.82) is 0 Å². The van der Waals surface area contributed by atoms with Gasteiger partial charge in [-0.15, -0.1) is 11.3 Å². The maximum Gasteiger partial charge on any atom is 0.236 e. The number of carbonyl (C=O) groups excluding carboxylic acids is 1. The van der Waals surface area contributed by atoms with Crippen molar-refractivity contribution in [3.63, 3.8) is 0 Å². The summed E-state index contributed by atoms with van der Waals surface area (Å²) in [6.07, 6.45) is 2.14. The molecule has 0 saturated carbocycles. The van der Waals surface area contributed by atoms with Crippen LogP contribution in [0.4, 0.5) is 0 Å². The van der Waals surface area contributed by atoms with Gasteiger partial charge in [0.25, 0.3) is 0 Å². The number of rotatable bonds is 5. The molecular formula is C23H25N3O3S. The van der Waals surface area contributed by atoms with Gasteiger partial charge in [0.1, 0.15) is 18.2 Å². The number of ether oxygens (including phenoxy) is 2. The molecule has 2 aliphatic heterocycles. The summed E-state index contributed by atoms with van der Waals surface area (Å²) in [7, 11) is 1.86. The lowest BCUT2D eigenvalue weighted by atomic mass is 10.0. The van der Waals surface area contributed by atoms with Crippen LogP contribution in [-0.2, 0) is 11.3 Å². The zero-order chi connectivity index (χ0) is 20.5. The van der Waals surface area contributed by atoms with Crippen molar-refractivity contribution in [2.75, 3.05) is 33.4 Å². The van der Waals surface area contributed by atoms with Gasteiger partial charge >= 0.3 is 0 Å². The van der Waals surface area contributed by atoms with Crippen molar-refractivity contribution < 1.29 is 14.3 Å². The fourth-order valence-electron chi connectivity index (χ4n) is 4.23. The summed E-state index contributed by atoms with van der Waals surface area (Å²) < 4.78 is 12.5. The molecule has 1 saturated heterocycles. The Morgan fingerprint density at radius 1 is 1.20 bits per heavy atom. The second kappa shape index (κ2) is 8.24. The molecule has 3 aromatic rings. The summed E-state index contributed by atoms with van der Waals surface area (Å²) in [6, 6.07) is 14.5. The highest BCUT2D eigenvalue weighted by Gasteiger charge is 2.29.